The molecule has 1 aromatic heterocycles. The molecule has 8 heteroatoms. The van der Waals surface area contributed by atoms with Gasteiger partial charge in [-0.25, -0.2) is 14.6 Å². The van der Waals surface area contributed by atoms with Crippen LogP contribution in [0.3, 0.4) is 0 Å². The highest BCUT2D eigenvalue weighted by Gasteiger charge is 2.35. The Balaban J connectivity index is 2.45. The Kier molecular flexibility index (Phi) is 4.14. The van der Waals surface area contributed by atoms with E-state index in [0.717, 1.165) is 6.07 Å². The second kappa shape index (κ2) is 5.70. The Labute approximate surface area is 119 Å². The van der Waals surface area contributed by atoms with Crippen LogP contribution in [0.1, 0.15) is 17.0 Å². The first kappa shape index (κ1) is 15.3. The van der Waals surface area contributed by atoms with Gasteiger partial charge in [0.25, 0.3) is 0 Å². The molecular weight excluding hydrogens is 283 g/mol. The van der Waals surface area contributed by atoms with Gasteiger partial charge in [-0.15, -0.1) is 0 Å². The molecule has 0 amide bonds. The van der Waals surface area contributed by atoms with Crippen molar-refractivity contribution in [3.8, 4) is 11.6 Å². The van der Waals surface area contributed by atoms with E-state index in [1.807, 2.05) is 0 Å². The maximum absolute atomic E-state index is 13.8. The Morgan fingerprint density at radius 1 is 1.19 bits per heavy atom. The molecule has 0 atom stereocenters. The van der Waals surface area contributed by atoms with Crippen molar-refractivity contribution in [1.29, 1.82) is 0 Å². The van der Waals surface area contributed by atoms with Crippen molar-refractivity contribution in [3.05, 3.63) is 47.2 Å². The van der Waals surface area contributed by atoms with E-state index in [0.29, 0.717) is 11.4 Å². The Hall–Kier alpha value is -2.13. The number of hydrogen-bond acceptors (Lipinski definition) is 7. The van der Waals surface area contributed by atoms with Gasteiger partial charge in [0.05, 0.1) is 17.6 Å². The summed E-state index contributed by atoms with van der Waals surface area (Å²) in [5.41, 5.74) is 0.509. The van der Waals surface area contributed by atoms with Crippen molar-refractivity contribution in [2.75, 3.05) is 0 Å². The predicted octanol–water partition coefficient (Wildman–Crippen LogP) is 1.61. The lowest BCUT2D eigenvalue weighted by Crippen LogP contribution is -2.29. The first-order chi connectivity index (χ1) is 9.85. The molecule has 0 aliphatic rings. The number of ether oxygens (including phenoxy) is 1. The Bertz CT molecular complexity index is 663. The number of halogens is 1. The quantitative estimate of drug-likeness (QED) is 0.447. The van der Waals surface area contributed by atoms with Gasteiger partial charge in [-0.05, 0) is 26.0 Å². The van der Waals surface area contributed by atoms with Crippen LogP contribution in [0.15, 0.2) is 24.4 Å². The van der Waals surface area contributed by atoms with Crippen LogP contribution in [0.2, 0.25) is 0 Å². The molecule has 0 fully saturated rings. The summed E-state index contributed by atoms with van der Waals surface area (Å²) >= 11 is 0. The number of aliphatic hydroxyl groups is 2. The number of benzene rings is 1. The zero-order valence-electron chi connectivity index (χ0n) is 11.2. The largest absolute Gasteiger partial charge is 0.437 e. The summed E-state index contributed by atoms with van der Waals surface area (Å²) in [4.78, 5) is 11.6. The van der Waals surface area contributed by atoms with E-state index < -0.39 is 17.4 Å². The zero-order chi connectivity index (χ0) is 15.6. The lowest BCUT2D eigenvalue weighted by atomic mass is 10.1. The van der Waals surface area contributed by atoms with E-state index >= 15 is 0 Å². The molecule has 2 aromatic rings. The number of aryl methyl sites for hydroxylation is 2. The van der Waals surface area contributed by atoms with E-state index in [1.165, 1.54) is 18.3 Å². The molecule has 0 saturated heterocycles. The summed E-state index contributed by atoms with van der Waals surface area (Å²) in [6, 6.07) is 3.50. The van der Waals surface area contributed by atoms with Crippen LogP contribution in [-0.2, 0) is 10.9 Å². The zero-order valence-corrected chi connectivity index (χ0v) is 11.2. The molecule has 3 N–H and O–H groups in total. The lowest BCUT2D eigenvalue weighted by Gasteiger charge is -2.20. The fraction of sp³-hybridized carbons (Fsp3) is 0.231. The van der Waals surface area contributed by atoms with Gasteiger partial charge in [0, 0.05) is 0 Å². The van der Waals surface area contributed by atoms with Crippen LogP contribution >= 0.6 is 0 Å². The molecule has 0 unspecified atom stereocenters. The average Bonchev–Trinajstić information content (AvgIpc) is 2.43. The molecule has 0 bridgehead atoms. The maximum atomic E-state index is 13.8. The molecule has 21 heavy (non-hydrogen) atoms. The number of aromatic nitrogens is 2. The van der Waals surface area contributed by atoms with Gasteiger partial charge in [-0.1, -0.05) is 6.07 Å². The first-order valence-corrected chi connectivity index (χ1v) is 5.89. The minimum absolute atomic E-state index is 0.0266. The first-order valence-electron chi connectivity index (χ1n) is 5.89. The molecule has 1 heterocycles. The fourth-order valence-corrected chi connectivity index (χ4v) is 1.63. The van der Waals surface area contributed by atoms with Crippen LogP contribution in [0.5, 0.6) is 11.6 Å². The molecule has 0 saturated carbocycles. The number of hydrogen-bond donors (Lipinski definition) is 3. The van der Waals surface area contributed by atoms with Gasteiger partial charge < -0.3 is 14.9 Å². The van der Waals surface area contributed by atoms with Crippen LogP contribution in [0, 0.1) is 19.7 Å². The Morgan fingerprint density at radius 2 is 1.90 bits per heavy atom. The molecule has 1 aromatic carbocycles. The average molecular weight is 296 g/mol. The molecular formula is C13H13FN2O5. The topological polar surface area (TPSA) is 105 Å². The normalized spacial score (nSPS) is 11.5. The summed E-state index contributed by atoms with van der Waals surface area (Å²) < 4.78 is 19.0. The van der Waals surface area contributed by atoms with Gasteiger partial charge in [0.1, 0.15) is 17.1 Å². The van der Waals surface area contributed by atoms with Crippen molar-refractivity contribution in [2.24, 2.45) is 0 Å². The smallest absolute Gasteiger partial charge is 0.341 e. The van der Waals surface area contributed by atoms with E-state index in [2.05, 4.69) is 14.9 Å². The third-order valence-electron chi connectivity index (χ3n) is 2.81. The maximum Gasteiger partial charge on any atom is 0.341 e. The van der Waals surface area contributed by atoms with Crippen LogP contribution in [0.4, 0.5) is 4.39 Å². The van der Waals surface area contributed by atoms with Crippen molar-refractivity contribution in [2.45, 2.75) is 19.8 Å². The molecule has 112 valence electrons. The Morgan fingerprint density at radius 3 is 2.52 bits per heavy atom. The van der Waals surface area contributed by atoms with Crippen molar-refractivity contribution in [1.82, 2.24) is 9.97 Å². The van der Waals surface area contributed by atoms with Gasteiger partial charge >= 0.3 is 5.97 Å². The molecule has 0 radical (unpaired) electrons. The van der Waals surface area contributed by atoms with E-state index in [1.54, 1.807) is 13.8 Å². The highest BCUT2D eigenvalue weighted by Crippen LogP contribution is 2.33. The van der Waals surface area contributed by atoms with Crippen LogP contribution in [-0.4, -0.2) is 25.4 Å². The number of rotatable bonds is 4. The van der Waals surface area contributed by atoms with Crippen molar-refractivity contribution < 1.29 is 29.5 Å². The second-order valence-electron chi connectivity index (χ2n) is 4.29. The summed E-state index contributed by atoms with van der Waals surface area (Å²) in [7, 11) is 0. The summed E-state index contributed by atoms with van der Waals surface area (Å²) in [5.74, 6) is -4.55. The van der Waals surface area contributed by atoms with E-state index in [4.69, 9.17) is 9.99 Å². The molecule has 7 nitrogen and oxygen atoms in total. The van der Waals surface area contributed by atoms with Gasteiger partial charge in [0.2, 0.25) is 5.88 Å². The van der Waals surface area contributed by atoms with Gasteiger partial charge in [0.15, 0.2) is 0 Å². The standard InChI is InChI=1S/C13H13FN2O5/c1-7-8(2)16-11(6-15-7)20-10-5-3-4-9(14)12(10)13(17,18)21-19/h3-6,17-19H,1-2H3. The number of nitrogens with zero attached hydrogens (tertiary/aromatic N) is 2. The minimum atomic E-state index is -3.26. The third-order valence-corrected chi connectivity index (χ3v) is 2.81. The lowest BCUT2D eigenvalue weighted by molar-refractivity contribution is -0.481. The van der Waals surface area contributed by atoms with Gasteiger partial charge in [-0.2, -0.15) is 4.89 Å². The molecule has 0 spiro atoms. The predicted molar refractivity (Wildman–Crippen MR) is 67.8 cm³/mol. The SMILES string of the molecule is Cc1ncc(Oc2cccc(F)c2C(O)(O)OO)nc1C. The monoisotopic (exact) mass is 296 g/mol. The third kappa shape index (κ3) is 3.14. The highest BCUT2D eigenvalue weighted by atomic mass is 19.1. The summed E-state index contributed by atoms with van der Waals surface area (Å²) in [6.07, 6.45) is 1.30. The second-order valence-corrected chi connectivity index (χ2v) is 4.29. The molecule has 0 aliphatic carbocycles. The van der Waals surface area contributed by atoms with E-state index in [9.17, 15) is 14.6 Å². The summed E-state index contributed by atoms with van der Waals surface area (Å²) in [5, 5.41) is 27.4. The fourth-order valence-electron chi connectivity index (χ4n) is 1.63. The summed E-state index contributed by atoms with van der Waals surface area (Å²) in [6.45, 7) is 3.46. The molecule has 0 aliphatic heterocycles. The van der Waals surface area contributed by atoms with E-state index in [-0.39, 0.29) is 11.6 Å². The van der Waals surface area contributed by atoms with Gasteiger partial charge in [-0.3, -0.25) is 4.98 Å². The molecule has 2 rings (SSSR count). The van der Waals surface area contributed by atoms with Crippen LogP contribution < -0.4 is 4.74 Å². The highest BCUT2D eigenvalue weighted by molar-refractivity contribution is 5.39. The van der Waals surface area contributed by atoms with Crippen molar-refractivity contribution >= 4 is 0 Å². The van der Waals surface area contributed by atoms with Crippen LogP contribution in [0.25, 0.3) is 0 Å². The van der Waals surface area contributed by atoms with Crippen molar-refractivity contribution in [3.63, 3.8) is 0 Å². The minimum Gasteiger partial charge on any atom is -0.437 e.